The molecule has 1 amide bonds. The van der Waals surface area contributed by atoms with E-state index in [1.807, 2.05) is 19.1 Å². The lowest BCUT2D eigenvalue weighted by molar-refractivity contribution is -0.119. The van der Waals surface area contributed by atoms with Crippen molar-refractivity contribution < 1.29 is 13.2 Å². The molecule has 0 heterocycles. The van der Waals surface area contributed by atoms with Crippen LogP contribution in [0.4, 0.5) is 5.69 Å². The summed E-state index contributed by atoms with van der Waals surface area (Å²) in [7, 11) is -3.99. The molecule has 0 aliphatic rings. The minimum absolute atomic E-state index is 0.0484. The Morgan fingerprint density at radius 1 is 0.967 bits per heavy atom. The van der Waals surface area contributed by atoms with Crippen LogP contribution in [0.2, 0.25) is 10.0 Å². The van der Waals surface area contributed by atoms with Gasteiger partial charge in [-0.2, -0.15) is 0 Å². The van der Waals surface area contributed by atoms with Crippen LogP contribution in [0, 0.1) is 6.92 Å². The van der Waals surface area contributed by atoms with E-state index in [9.17, 15) is 13.2 Å². The van der Waals surface area contributed by atoms with Gasteiger partial charge in [0, 0.05) is 16.6 Å². The summed E-state index contributed by atoms with van der Waals surface area (Å²) in [6, 6.07) is 20.0. The maximum atomic E-state index is 13.3. The molecule has 0 fully saturated rings. The summed E-state index contributed by atoms with van der Waals surface area (Å²) in [4.78, 5) is 12.7. The van der Waals surface area contributed by atoms with Crippen molar-refractivity contribution in [3.8, 4) is 0 Å². The van der Waals surface area contributed by atoms with Gasteiger partial charge in [0.15, 0.2) is 0 Å². The van der Waals surface area contributed by atoms with Crippen LogP contribution in [0.1, 0.15) is 11.1 Å². The van der Waals surface area contributed by atoms with Crippen LogP contribution >= 0.6 is 23.2 Å². The highest BCUT2D eigenvalue weighted by atomic mass is 35.5. The van der Waals surface area contributed by atoms with Gasteiger partial charge in [-0.1, -0.05) is 53.5 Å². The highest BCUT2D eigenvalue weighted by Crippen LogP contribution is 2.25. The number of halogens is 2. The van der Waals surface area contributed by atoms with Gasteiger partial charge in [-0.05, 0) is 60.5 Å². The number of hydrogen-bond acceptors (Lipinski definition) is 3. The van der Waals surface area contributed by atoms with Crippen molar-refractivity contribution in [2.24, 2.45) is 0 Å². The Hall–Kier alpha value is -2.54. The number of sulfonamides is 1. The van der Waals surface area contributed by atoms with E-state index in [4.69, 9.17) is 23.2 Å². The molecular formula is C22H20Cl2N2O3S. The summed E-state index contributed by atoms with van der Waals surface area (Å²) in [5.74, 6) is -0.450. The third kappa shape index (κ3) is 5.33. The normalized spacial score (nSPS) is 11.2. The molecule has 0 aromatic heterocycles. The first-order chi connectivity index (χ1) is 14.3. The number of carbonyl (C=O) groups excluding carboxylic acids is 1. The number of carbonyl (C=O) groups is 1. The third-order valence-corrected chi connectivity index (χ3v) is 6.82. The molecule has 156 valence electrons. The molecule has 0 unspecified atom stereocenters. The van der Waals surface area contributed by atoms with Crippen LogP contribution in [-0.4, -0.2) is 20.9 Å². The number of aryl methyl sites for hydroxylation is 1. The fourth-order valence-electron chi connectivity index (χ4n) is 2.85. The first-order valence-corrected chi connectivity index (χ1v) is 11.3. The Bertz CT molecular complexity index is 1150. The molecule has 0 atom stereocenters. The van der Waals surface area contributed by atoms with Gasteiger partial charge >= 0.3 is 0 Å². The maximum Gasteiger partial charge on any atom is 0.264 e. The van der Waals surface area contributed by atoms with Crippen molar-refractivity contribution in [2.75, 3.05) is 10.8 Å². The summed E-state index contributed by atoms with van der Waals surface area (Å²) < 4.78 is 27.7. The van der Waals surface area contributed by atoms with E-state index in [1.54, 1.807) is 36.4 Å². The number of nitrogens with one attached hydrogen (secondary N) is 1. The number of anilines is 1. The molecule has 1 N–H and O–H groups in total. The summed E-state index contributed by atoms with van der Waals surface area (Å²) in [5, 5.41) is 3.69. The molecule has 30 heavy (non-hydrogen) atoms. The van der Waals surface area contributed by atoms with Crippen molar-refractivity contribution in [3.63, 3.8) is 0 Å². The number of benzene rings is 3. The van der Waals surface area contributed by atoms with Crippen molar-refractivity contribution in [1.29, 1.82) is 0 Å². The van der Waals surface area contributed by atoms with E-state index in [2.05, 4.69) is 5.32 Å². The number of hydrogen-bond donors (Lipinski definition) is 1. The lowest BCUT2D eigenvalue weighted by atomic mass is 10.2. The van der Waals surface area contributed by atoms with Crippen molar-refractivity contribution in [2.45, 2.75) is 18.4 Å². The zero-order valence-electron chi connectivity index (χ0n) is 16.2. The van der Waals surface area contributed by atoms with Gasteiger partial charge in [-0.25, -0.2) is 8.42 Å². The van der Waals surface area contributed by atoms with Crippen LogP contribution in [0.25, 0.3) is 0 Å². The van der Waals surface area contributed by atoms with Crippen molar-refractivity contribution >= 4 is 44.8 Å². The number of nitrogens with zero attached hydrogens (tertiary/aromatic N) is 1. The van der Waals surface area contributed by atoms with Crippen molar-refractivity contribution in [3.05, 3.63) is 94.0 Å². The molecule has 5 nitrogen and oxygen atoms in total. The van der Waals surface area contributed by atoms with E-state index >= 15 is 0 Å². The molecule has 0 spiro atoms. The number of amides is 1. The van der Waals surface area contributed by atoms with E-state index in [-0.39, 0.29) is 18.0 Å². The molecule has 0 radical (unpaired) electrons. The van der Waals surface area contributed by atoms with Gasteiger partial charge < -0.3 is 5.32 Å². The van der Waals surface area contributed by atoms with Gasteiger partial charge in [0.1, 0.15) is 6.54 Å². The van der Waals surface area contributed by atoms with Gasteiger partial charge in [0.2, 0.25) is 5.91 Å². The Morgan fingerprint density at radius 2 is 1.67 bits per heavy atom. The standard InChI is InChI=1S/C22H20Cl2N2O3S/c1-16-5-4-7-19(13-16)26(30(28,29)20-11-9-18(23)10-12-20)15-22(27)25-14-17-6-2-3-8-21(17)24/h2-13H,14-15H2,1H3,(H,25,27). The molecular weight excluding hydrogens is 443 g/mol. The first kappa shape index (κ1) is 22.2. The van der Waals surface area contributed by atoms with Crippen molar-refractivity contribution in [1.82, 2.24) is 5.32 Å². The third-order valence-electron chi connectivity index (χ3n) is 4.41. The van der Waals surface area contributed by atoms with E-state index in [0.29, 0.717) is 15.7 Å². The van der Waals surface area contributed by atoms with Crippen LogP contribution in [0.5, 0.6) is 0 Å². The Labute approximate surface area is 186 Å². The van der Waals surface area contributed by atoms with Crippen LogP contribution < -0.4 is 9.62 Å². The lowest BCUT2D eigenvalue weighted by Gasteiger charge is -2.24. The Balaban J connectivity index is 1.87. The molecule has 0 aliphatic carbocycles. The second-order valence-electron chi connectivity index (χ2n) is 6.67. The van der Waals surface area contributed by atoms with Gasteiger partial charge in [-0.15, -0.1) is 0 Å². The first-order valence-electron chi connectivity index (χ1n) is 9.12. The molecule has 0 saturated heterocycles. The van der Waals surface area contributed by atoms with Crippen LogP contribution in [-0.2, 0) is 21.4 Å². The second kappa shape index (κ2) is 9.51. The van der Waals surface area contributed by atoms with Crippen LogP contribution in [0.3, 0.4) is 0 Å². The van der Waals surface area contributed by atoms with E-state index in [0.717, 1.165) is 15.4 Å². The quantitative estimate of drug-likeness (QED) is 0.547. The molecule has 3 rings (SSSR count). The lowest BCUT2D eigenvalue weighted by Crippen LogP contribution is -2.40. The van der Waals surface area contributed by atoms with Gasteiger partial charge in [-0.3, -0.25) is 9.10 Å². The maximum absolute atomic E-state index is 13.3. The van der Waals surface area contributed by atoms with E-state index in [1.165, 1.54) is 24.3 Å². The zero-order chi connectivity index (χ0) is 21.7. The molecule has 3 aromatic carbocycles. The van der Waals surface area contributed by atoms with Gasteiger partial charge in [0.05, 0.1) is 10.6 Å². The van der Waals surface area contributed by atoms with E-state index < -0.39 is 15.9 Å². The summed E-state index contributed by atoms with van der Waals surface area (Å²) in [6.07, 6.45) is 0. The minimum atomic E-state index is -3.99. The average Bonchev–Trinajstić information content (AvgIpc) is 2.71. The summed E-state index contributed by atoms with van der Waals surface area (Å²) in [6.45, 7) is 1.67. The zero-order valence-corrected chi connectivity index (χ0v) is 18.5. The smallest absolute Gasteiger partial charge is 0.264 e. The largest absolute Gasteiger partial charge is 0.350 e. The predicted molar refractivity (Wildman–Crippen MR) is 120 cm³/mol. The molecule has 0 bridgehead atoms. The Morgan fingerprint density at radius 3 is 2.33 bits per heavy atom. The molecule has 0 aliphatic heterocycles. The van der Waals surface area contributed by atoms with Gasteiger partial charge in [0.25, 0.3) is 10.0 Å². The fourth-order valence-corrected chi connectivity index (χ4v) is 4.60. The summed E-state index contributed by atoms with van der Waals surface area (Å²) in [5.41, 5.74) is 2.02. The SMILES string of the molecule is Cc1cccc(N(CC(=O)NCc2ccccc2Cl)S(=O)(=O)c2ccc(Cl)cc2)c1. The average molecular weight is 463 g/mol. The highest BCUT2D eigenvalue weighted by Gasteiger charge is 2.27. The van der Waals surface area contributed by atoms with Crippen LogP contribution in [0.15, 0.2) is 77.7 Å². The molecule has 0 saturated carbocycles. The predicted octanol–water partition coefficient (Wildman–Crippen LogP) is 4.81. The topological polar surface area (TPSA) is 66.5 Å². The summed E-state index contributed by atoms with van der Waals surface area (Å²) >= 11 is 12.0. The monoisotopic (exact) mass is 462 g/mol. The minimum Gasteiger partial charge on any atom is -0.350 e. The Kier molecular flexibility index (Phi) is 7.02. The fraction of sp³-hybridized carbons (Fsp3) is 0.136. The number of rotatable bonds is 7. The molecule has 8 heteroatoms. The highest BCUT2D eigenvalue weighted by molar-refractivity contribution is 7.92. The second-order valence-corrected chi connectivity index (χ2v) is 9.38. The molecule has 3 aromatic rings.